The molecule has 0 aliphatic heterocycles. The van der Waals surface area contributed by atoms with E-state index < -0.39 is 0 Å². The first kappa shape index (κ1) is 12.3. The van der Waals surface area contributed by atoms with E-state index in [0.29, 0.717) is 5.02 Å². The highest BCUT2D eigenvalue weighted by Crippen LogP contribution is 2.34. The van der Waals surface area contributed by atoms with Crippen LogP contribution < -0.4 is 5.73 Å². The molecule has 0 radical (unpaired) electrons. The number of halogens is 1. The minimum atomic E-state index is 0.699. The van der Waals surface area contributed by atoms with Crippen LogP contribution in [0.5, 0.6) is 0 Å². The van der Waals surface area contributed by atoms with Crippen LogP contribution >= 0.6 is 23.4 Å². The van der Waals surface area contributed by atoms with Gasteiger partial charge in [0.05, 0.1) is 10.8 Å². The van der Waals surface area contributed by atoms with Gasteiger partial charge < -0.3 is 10.3 Å². The predicted molar refractivity (Wildman–Crippen MR) is 73.3 cm³/mol. The highest BCUT2D eigenvalue weighted by Gasteiger charge is 2.07. The van der Waals surface area contributed by atoms with Crippen molar-refractivity contribution in [2.75, 3.05) is 5.73 Å². The molecule has 1 aromatic heterocycles. The molecule has 0 aliphatic rings. The van der Waals surface area contributed by atoms with Gasteiger partial charge in [0.1, 0.15) is 5.82 Å². The Morgan fingerprint density at radius 1 is 1.47 bits per heavy atom. The molecule has 0 saturated heterocycles. The highest BCUT2D eigenvalue weighted by atomic mass is 35.5. The second-order valence-electron chi connectivity index (χ2n) is 3.58. The molecular weight excluding hydrogens is 254 g/mol. The zero-order valence-corrected chi connectivity index (χ0v) is 11.1. The summed E-state index contributed by atoms with van der Waals surface area (Å²) in [6.45, 7) is 3.02. The van der Waals surface area contributed by atoms with Crippen molar-refractivity contribution in [3.8, 4) is 0 Å². The number of nitrogens with zero attached hydrogens (tertiary/aromatic N) is 2. The number of benzene rings is 1. The molecule has 2 rings (SSSR count). The van der Waals surface area contributed by atoms with Crippen LogP contribution in [-0.4, -0.2) is 9.55 Å². The van der Waals surface area contributed by atoms with Crippen molar-refractivity contribution in [1.29, 1.82) is 0 Å². The lowest BCUT2D eigenvalue weighted by Gasteiger charge is -2.08. The summed E-state index contributed by atoms with van der Waals surface area (Å²) in [5.41, 5.74) is 6.62. The van der Waals surface area contributed by atoms with Crippen LogP contribution in [0.3, 0.4) is 0 Å². The number of thioether (sulfide) groups is 1. The van der Waals surface area contributed by atoms with Crippen LogP contribution in [0, 0.1) is 0 Å². The van der Waals surface area contributed by atoms with Crippen molar-refractivity contribution in [2.45, 2.75) is 24.1 Å². The van der Waals surface area contributed by atoms with Gasteiger partial charge >= 0.3 is 0 Å². The molecule has 2 N–H and O–H groups in total. The Morgan fingerprint density at radius 3 is 3.00 bits per heavy atom. The molecule has 0 aliphatic carbocycles. The second-order valence-corrected chi connectivity index (χ2v) is 4.97. The summed E-state index contributed by atoms with van der Waals surface area (Å²) in [4.78, 5) is 5.25. The number of rotatable bonds is 4. The van der Waals surface area contributed by atoms with E-state index in [1.165, 1.54) is 0 Å². The number of nitrogens with two attached hydrogens (primary N) is 1. The molecule has 0 atom stereocenters. The molecule has 1 heterocycles. The van der Waals surface area contributed by atoms with Crippen molar-refractivity contribution >= 4 is 29.1 Å². The van der Waals surface area contributed by atoms with Gasteiger partial charge in [-0.25, -0.2) is 4.98 Å². The van der Waals surface area contributed by atoms with Crippen LogP contribution in [0.25, 0.3) is 0 Å². The third-order valence-corrected chi connectivity index (χ3v) is 4.06. The SMILES string of the molecule is CCn1ccnc1CSc1c(N)cccc1Cl. The van der Waals surface area contributed by atoms with Gasteiger partial charge in [-0.1, -0.05) is 17.7 Å². The van der Waals surface area contributed by atoms with Gasteiger partial charge in [0, 0.05) is 29.5 Å². The monoisotopic (exact) mass is 267 g/mol. The normalized spacial score (nSPS) is 10.7. The fourth-order valence-electron chi connectivity index (χ4n) is 1.58. The van der Waals surface area contributed by atoms with Gasteiger partial charge in [0.15, 0.2) is 0 Å². The molecule has 3 nitrogen and oxygen atoms in total. The largest absolute Gasteiger partial charge is 0.398 e. The Labute approximate surface area is 110 Å². The number of aryl methyl sites for hydroxylation is 1. The number of hydrogen-bond acceptors (Lipinski definition) is 3. The maximum atomic E-state index is 6.12. The highest BCUT2D eigenvalue weighted by molar-refractivity contribution is 7.98. The predicted octanol–water partition coefficient (Wildman–Crippen LogP) is 3.43. The van der Waals surface area contributed by atoms with E-state index in [1.807, 2.05) is 30.6 Å². The lowest BCUT2D eigenvalue weighted by Crippen LogP contribution is -1.99. The number of hydrogen-bond donors (Lipinski definition) is 1. The third kappa shape index (κ3) is 2.76. The van der Waals surface area contributed by atoms with Crippen molar-refractivity contribution in [3.63, 3.8) is 0 Å². The quantitative estimate of drug-likeness (QED) is 0.682. The molecule has 0 unspecified atom stereocenters. The van der Waals surface area contributed by atoms with Crippen molar-refractivity contribution < 1.29 is 0 Å². The van der Waals surface area contributed by atoms with Crippen LogP contribution in [0.15, 0.2) is 35.5 Å². The average Bonchev–Trinajstić information content (AvgIpc) is 2.76. The third-order valence-electron chi connectivity index (χ3n) is 2.49. The van der Waals surface area contributed by atoms with Crippen LogP contribution in [0.4, 0.5) is 5.69 Å². The van der Waals surface area contributed by atoms with E-state index in [2.05, 4.69) is 16.5 Å². The topological polar surface area (TPSA) is 43.8 Å². The summed E-state index contributed by atoms with van der Waals surface area (Å²) in [5, 5.41) is 0.699. The van der Waals surface area contributed by atoms with Gasteiger partial charge in [-0.2, -0.15) is 0 Å². The van der Waals surface area contributed by atoms with E-state index in [0.717, 1.165) is 28.7 Å². The molecule has 0 saturated carbocycles. The summed E-state index contributed by atoms with van der Waals surface area (Å²) < 4.78 is 2.11. The van der Waals surface area contributed by atoms with Crippen molar-refractivity contribution in [2.24, 2.45) is 0 Å². The fourth-order valence-corrected chi connectivity index (χ4v) is 2.88. The molecule has 1 aromatic carbocycles. The smallest absolute Gasteiger partial charge is 0.119 e. The summed E-state index contributed by atoms with van der Waals surface area (Å²) in [5.74, 6) is 1.81. The molecular formula is C12H14ClN3S. The second kappa shape index (κ2) is 5.47. The average molecular weight is 268 g/mol. The zero-order chi connectivity index (χ0) is 12.3. The summed E-state index contributed by atoms with van der Waals surface area (Å²) in [6, 6.07) is 5.57. The lowest BCUT2D eigenvalue weighted by atomic mass is 10.3. The van der Waals surface area contributed by atoms with Crippen LogP contribution in [-0.2, 0) is 12.3 Å². The van der Waals surface area contributed by atoms with Crippen molar-refractivity contribution in [3.05, 3.63) is 41.4 Å². The van der Waals surface area contributed by atoms with E-state index in [1.54, 1.807) is 11.8 Å². The first-order valence-corrected chi connectivity index (χ1v) is 6.75. The molecule has 90 valence electrons. The Balaban J connectivity index is 2.13. The minimum Gasteiger partial charge on any atom is -0.398 e. The van der Waals surface area contributed by atoms with E-state index in [4.69, 9.17) is 17.3 Å². The van der Waals surface area contributed by atoms with Crippen LogP contribution in [0.1, 0.15) is 12.7 Å². The molecule has 0 spiro atoms. The Morgan fingerprint density at radius 2 is 2.29 bits per heavy atom. The Bertz CT molecular complexity index is 490. The Kier molecular flexibility index (Phi) is 3.97. The summed E-state index contributed by atoms with van der Waals surface area (Å²) >= 11 is 7.74. The number of aromatic nitrogens is 2. The summed E-state index contributed by atoms with van der Waals surface area (Å²) in [7, 11) is 0. The molecule has 17 heavy (non-hydrogen) atoms. The minimum absolute atomic E-state index is 0.699. The first-order valence-electron chi connectivity index (χ1n) is 5.39. The van der Waals surface area contributed by atoms with Crippen LogP contribution in [0.2, 0.25) is 5.02 Å². The van der Waals surface area contributed by atoms with E-state index in [-0.39, 0.29) is 0 Å². The Hall–Kier alpha value is -1.13. The number of anilines is 1. The molecule has 5 heteroatoms. The van der Waals surface area contributed by atoms with E-state index in [9.17, 15) is 0 Å². The maximum Gasteiger partial charge on any atom is 0.119 e. The molecule has 0 fully saturated rings. The van der Waals surface area contributed by atoms with Gasteiger partial charge in [0.25, 0.3) is 0 Å². The standard InChI is InChI=1S/C12H14ClN3S/c1-2-16-7-6-15-11(16)8-17-12-9(13)4-3-5-10(12)14/h3-7H,2,8,14H2,1H3. The van der Waals surface area contributed by atoms with Gasteiger partial charge in [-0.05, 0) is 19.1 Å². The zero-order valence-electron chi connectivity index (χ0n) is 9.56. The molecule has 0 bridgehead atoms. The maximum absolute atomic E-state index is 6.12. The van der Waals surface area contributed by atoms with E-state index >= 15 is 0 Å². The summed E-state index contributed by atoms with van der Waals surface area (Å²) in [6.07, 6.45) is 3.79. The fraction of sp³-hybridized carbons (Fsp3) is 0.250. The first-order chi connectivity index (χ1) is 8.22. The molecule has 0 amide bonds. The molecule has 2 aromatic rings. The van der Waals surface area contributed by atoms with Gasteiger partial charge in [0.2, 0.25) is 0 Å². The number of nitrogen functional groups attached to an aromatic ring is 1. The van der Waals surface area contributed by atoms with Crippen molar-refractivity contribution in [1.82, 2.24) is 9.55 Å². The van der Waals surface area contributed by atoms with Gasteiger partial charge in [-0.15, -0.1) is 11.8 Å². The lowest BCUT2D eigenvalue weighted by molar-refractivity contribution is 0.726. The number of imidazole rings is 1. The van der Waals surface area contributed by atoms with Gasteiger partial charge in [-0.3, -0.25) is 0 Å².